The van der Waals surface area contributed by atoms with E-state index in [0.29, 0.717) is 6.42 Å². The standard InChI is InChI=1S/C21H35N3O5S/c1-2-3-4-5-6-7-8-9-10-11-12-13-14-15-21(25)23-30(28,29)20-16-19(24(26)27)17-22-18-20/h16-18H,2-15H2,1H3,(H,23,25). The minimum atomic E-state index is -4.15. The molecular weight excluding hydrogens is 406 g/mol. The number of carbonyl (C=O) groups excluding carboxylic acids is 1. The lowest BCUT2D eigenvalue weighted by Gasteiger charge is -2.07. The fraction of sp³-hybridized carbons (Fsp3) is 0.714. The average Bonchev–Trinajstić information content (AvgIpc) is 2.71. The van der Waals surface area contributed by atoms with Crippen LogP contribution >= 0.6 is 0 Å². The van der Waals surface area contributed by atoms with E-state index in [2.05, 4.69) is 11.9 Å². The highest BCUT2D eigenvalue weighted by atomic mass is 32.2. The van der Waals surface area contributed by atoms with Gasteiger partial charge < -0.3 is 0 Å². The number of nitrogens with one attached hydrogen (secondary N) is 1. The molecular formula is C21H35N3O5S. The monoisotopic (exact) mass is 441 g/mol. The van der Waals surface area contributed by atoms with E-state index in [-0.39, 0.29) is 6.42 Å². The van der Waals surface area contributed by atoms with Crippen LogP contribution in [0.4, 0.5) is 5.69 Å². The molecule has 30 heavy (non-hydrogen) atoms. The zero-order chi connectivity index (χ0) is 22.2. The van der Waals surface area contributed by atoms with Crippen LogP contribution in [-0.2, 0) is 14.8 Å². The van der Waals surface area contributed by atoms with Gasteiger partial charge in [-0.05, 0) is 6.42 Å². The number of nitro groups is 1. The summed E-state index contributed by atoms with van der Waals surface area (Å²) < 4.78 is 26.3. The van der Waals surface area contributed by atoms with Crippen LogP contribution in [0.5, 0.6) is 0 Å². The van der Waals surface area contributed by atoms with Crippen LogP contribution in [0.3, 0.4) is 0 Å². The minimum Gasteiger partial charge on any atom is -0.274 e. The zero-order valence-electron chi connectivity index (χ0n) is 18.0. The number of unbranched alkanes of at least 4 members (excludes halogenated alkanes) is 12. The summed E-state index contributed by atoms with van der Waals surface area (Å²) in [5.41, 5.74) is -0.443. The van der Waals surface area contributed by atoms with Crippen molar-refractivity contribution in [2.75, 3.05) is 0 Å². The SMILES string of the molecule is CCCCCCCCCCCCCCCC(=O)NS(=O)(=O)c1cncc([N+](=O)[O-])c1. The molecule has 0 aromatic carbocycles. The summed E-state index contributed by atoms with van der Waals surface area (Å²) in [6.45, 7) is 2.23. The van der Waals surface area contributed by atoms with Crippen LogP contribution in [0.1, 0.15) is 96.8 Å². The lowest BCUT2D eigenvalue weighted by atomic mass is 10.0. The van der Waals surface area contributed by atoms with Gasteiger partial charge in [0.2, 0.25) is 5.91 Å². The van der Waals surface area contributed by atoms with Crippen molar-refractivity contribution >= 4 is 21.6 Å². The van der Waals surface area contributed by atoms with E-state index in [1.54, 1.807) is 0 Å². The zero-order valence-corrected chi connectivity index (χ0v) is 18.8. The van der Waals surface area contributed by atoms with E-state index in [1.165, 1.54) is 57.8 Å². The summed E-state index contributed by atoms with van der Waals surface area (Å²) in [5, 5.41) is 10.7. The van der Waals surface area contributed by atoms with E-state index in [0.717, 1.165) is 37.7 Å². The maximum Gasteiger partial charge on any atom is 0.288 e. The van der Waals surface area contributed by atoms with E-state index in [9.17, 15) is 23.3 Å². The van der Waals surface area contributed by atoms with Crippen LogP contribution in [0, 0.1) is 10.1 Å². The molecule has 0 bridgehead atoms. The number of amides is 1. The van der Waals surface area contributed by atoms with Crippen molar-refractivity contribution in [2.45, 2.75) is 102 Å². The van der Waals surface area contributed by atoms with Crippen LogP contribution in [0.2, 0.25) is 0 Å². The third-order valence-corrected chi connectivity index (χ3v) is 6.32. The third-order valence-electron chi connectivity index (χ3n) is 4.98. The molecule has 1 heterocycles. The molecule has 1 N–H and O–H groups in total. The van der Waals surface area contributed by atoms with Gasteiger partial charge in [-0.1, -0.05) is 84.0 Å². The molecule has 0 atom stereocenters. The first-order chi connectivity index (χ1) is 14.4. The van der Waals surface area contributed by atoms with Gasteiger partial charge in [-0.25, -0.2) is 13.1 Å². The number of hydrogen-bond donors (Lipinski definition) is 1. The number of nitrogens with zero attached hydrogens (tertiary/aromatic N) is 2. The lowest BCUT2D eigenvalue weighted by molar-refractivity contribution is -0.385. The molecule has 0 spiro atoms. The smallest absolute Gasteiger partial charge is 0.274 e. The van der Waals surface area contributed by atoms with Gasteiger partial charge in [-0.3, -0.25) is 19.9 Å². The van der Waals surface area contributed by atoms with Gasteiger partial charge >= 0.3 is 0 Å². The van der Waals surface area contributed by atoms with E-state index in [4.69, 9.17) is 0 Å². The predicted octanol–water partition coefficient (Wildman–Crippen LogP) is 5.28. The molecule has 0 radical (unpaired) electrons. The fourth-order valence-electron chi connectivity index (χ4n) is 3.22. The highest BCUT2D eigenvalue weighted by molar-refractivity contribution is 7.90. The number of sulfonamides is 1. The van der Waals surface area contributed by atoms with Crippen LogP contribution in [-0.4, -0.2) is 24.2 Å². The Bertz CT molecular complexity index is 753. The van der Waals surface area contributed by atoms with Crippen molar-refractivity contribution in [3.8, 4) is 0 Å². The predicted molar refractivity (Wildman–Crippen MR) is 117 cm³/mol. The summed E-state index contributed by atoms with van der Waals surface area (Å²) in [5.74, 6) is -0.607. The maximum atomic E-state index is 12.2. The molecule has 8 nitrogen and oxygen atoms in total. The van der Waals surface area contributed by atoms with E-state index < -0.39 is 31.4 Å². The molecule has 0 saturated heterocycles. The Kier molecular flexibility index (Phi) is 12.9. The first-order valence-corrected chi connectivity index (χ1v) is 12.5. The van der Waals surface area contributed by atoms with E-state index in [1.807, 2.05) is 4.72 Å². The largest absolute Gasteiger partial charge is 0.288 e. The number of rotatable bonds is 17. The first-order valence-electron chi connectivity index (χ1n) is 11.0. The number of pyridine rings is 1. The third kappa shape index (κ3) is 11.2. The maximum absolute atomic E-state index is 12.2. The molecule has 0 aliphatic carbocycles. The Morgan fingerprint density at radius 1 is 0.933 bits per heavy atom. The molecule has 1 aromatic rings. The molecule has 1 amide bonds. The van der Waals surface area contributed by atoms with Gasteiger partial charge in [0, 0.05) is 18.7 Å². The summed E-state index contributed by atoms with van der Waals surface area (Å²) in [4.78, 5) is 25.1. The molecule has 1 rings (SSSR count). The average molecular weight is 442 g/mol. The second-order valence-corrected chi connectivity index (χ2v) is 9.34. The minimum absolute atomic E-state index is 0.110. The Labute approximate surface area is 180 Å². The summed E-state index contributed by atoms with van der Waals surface area (Å²) >= 11 is 0. The number of carbonyl (C=O) groups is 1. The molecule has 0 unspecified atom stereocenters. The topological polar surface area (TPSA) is 119 Å². The van der Waals surface area contributed by atoms with Crippen LogP contribution in [0.25, 0.3) is 0 Å². The fourth-order valence-corrected chi connectivity index (χ4v) is 4.21. The molecule has 0 aliphatic heterocycles. The first kappa shape index (κ1) is 26.0. The van der Waals surface area contributed by atoms with Gasteiger partial charge in [-0.15, -0.1) is 0 Å². The van der Waals surface area contributed by atoms with Crippen molar-refractivity contribution < 1.29 is 18.1 Å². The second kappa shape index (κ2) is 14.9. The van der Waals surface area contributed by atoms with Gasteiger partial charge in [0.25, 0.3) is 15.7 Å². The molecule has 0 aliphatic rings. The normalized spacial score (nSPS) is 11.4. The van der Waals surface area contributed by atoms with Gasteiger partial charge in [0.05, 0.1) is 4.92 Å². The van der Waals surface area contributed by atoms with Gasteiger partial charge in [0.15, 0.2) is 0 Å². The van der Waals surface area contributed by atoms with Gasteiger partial charge in [0.1, 0.15) is 11.1 Å². The second-order valence-electron chi connectivity index (χ2n) is 7.66. The molecule has 1 aromatic heterocycles. The molecule has 0 fully saturated rings. The van der Waals surface area contributed by atoms with Crippen molar-refractivity contribution in [3.05, 3.63) is 28.6 Å². The Hall–Kier alpha value is -2.03. The molecule has 9 heteroatoms. The van der Waals surface area contributed by atoms with E-state index >= 15 is 0 Å². The number of aromatic nitrogens is 1. The highest BCUT2D eigenvalue weighted by Crippen LogP contribution is 2.16. The number of hydrogen-bond acceptors (Lipinski definition) is 6. The molecule has 0 saturated carbocycles. The van der Waals surface area contributed by atoms with Crippen molar-refractivity contribution in [2.24, 2.45) is 0 Å². The highest BCUT2D eigenvalue weighted by Gasteiger charge is 2.20. The van der Waals surface area contributed by atoms with Crippen molar-refractivity contribution in [1.82, 2.24) is 9.71 Å². The Morgan fingerprint density at radius 2 is 1.43 bits per heavy atom. The van der Waals surface area contributed by atoms with Crippen LogP contribution in [0.15, 0.2) is 23.4 Å². The van der Waals surface area contributed by atoms with Crippen LogP contribution < -0.4 is 4.72 Å². The quantitative estimate of drug-likeness (QED) is 0.200. The van der Waals surface area contributed by atoms with Crippen molar-refractivity contribution in [3.63, 3.8) is 0 Å². The molecule has 170 valence electrons. The Morgan fingerprint density at radius 3 is 1.93 bits per heavy atom. The Balaban J connectivity index is 2.12. The van der Waals surface area contributed by atoms with Gasteiger partial charge in [-0.2, -0.15) is 0 Å². The lowest BCUT2D eigenvalue weighted by Crippen LogP contribution is -2.30. The summed E-state index contributed by atoms with van der Waals surface area (Å²) in [7, 11) is -4.15. The summed E-state index contributed by atoms with van der Waals surface area (Å²) in [6, 6.07) is 0.883. The van der Waals surface area contributed by atoms with Crippen molar-refractivity contribution in [1.29, 1.82) is 0 Å². The summed E-state index contributed by atoms with van der Waals surface area (Å²) in [6.07, 6.45) is 17.4.